The molecule has 29 heavy (non-hydrogen) atoms. The van der Waals surface area contributed by atoms with Gasteiger partial charge in [-0.25, -0.2) is 0 Å². The monoisotopic (exact) mass is 409 g/mol. The molecule has 4 nitrogen and oxygen atoms in total. The lowest BCUT2D eigenvalue weighted by atomic mass is 10.0. The van der Waals surface area contributed by atoms with Gasteiger partial charge in [0.2, 0.25) is 0 Å². The molecule has 0 spiro atoms. The normalized spacial score (nSPS) is 10.6. The molecule has 0 atom stereocenters. The molecule has 0 saturated heterocycles. The first-order valence-electron chi connectivity index (χ1n) is 9.51. The van der Waals surface area contributed by atoms with E-state index in [1.54, 1.807) is 18.2 Å². The molecule has 0 fully saturated rings. The molecule has 1 amide bonds. The van der Waals surface area contributed by atoms with Crippen molar-refractivity contribution in [3.05, 3.63) is 88.9 Å². The van der Waals surface area contributed by atoms with Gasteiger partial charge >= 0.3 is 0 Å². The second-order valence-corrected chi connectivity index (χ2v) is 7.38. The number of carbonyl (C=O) groups is 1. The summed E-state index contributed by atoms with van der Waals surface area (Å²) in [4.78, 5) is 12.5. The smallest absolute Gasteiger partial charge is 0.262 e. The van der Waals surface area contributed by atoms with Crippen LogP contribution in [0.2, 0.25) is 5.02 Å². The van der Waals surface area contributed by atoms with Crippen LogP contribution in [0.5, 0.6) is 11.5 Å². The van der Waals surface area contributed by atoms with E-state index in [-0.39, 0.29) is 12.5 Å². The van der Waals surface area contributed by atoms with Crippen molar-refractivity contribution in [1.29, 1.82) is 0 Å². The molecule has 1 N–H and O–H groups in total. The van der Waals surface area contributed by atoms with Gasteiger partial charge in [-0.1, -0.05) is 74.0 Å². The molecule has 0 aromatic heterocycles. The summed E-state index contributed by atoms with van der Waals surface area (Å²) in [6.07, 6.45) is 0. The molecule has 5 heteroatoms. The molecule has 0 unspecified atom stereocenters. The van der Waals surface area contributed by atoms with Crippen molar-refractivity contribution < 1.29 is 14.3 Å². The first-order valence-corrected chi connectivity index (χ1v) is 9.88. The zero-order valence-corrected chi connectivity index (χ0v) is 17.3. The zero-order chi connectivity index (χ0) is 20.6. The Bertz CT molecular complexity index is 957. The number of anilines is 1. The second-order valence-electron chi connectivity index (χ2n) is 6.94. The van der Waals surface area contributed by atoms with Gasteiger partial charge in [-0.05, 0) is 41.3 Å². The van der Waals surface area contributed by atoms with Gasteiger partial charge in [-0.2, -0.15) is 0 Å². The summed E-state index contributed by atoms with van der Waals surface area (Å²) < 4.78 is 11.6. The van der Waals surface area contributed by atoms with E-state index in [1.165, 1.54) is 0 Å². The standard InChI is InChI=1S/C24H24ClNO3/c1-17(2)20-10-6-7-11-22(20)29-16-24(27)26-21-14-19(25)12-13-23(21)28-15-18-8-4-3-5-9-18/h3-14,17H,15-16H2,1-2H3,(H,26,27). The number of ether oxygens (including phenoxy) is 2. The first kappa shape index (κ1) is 20.7. The van der Waals surface area contributed by atoms with Gasteiger partial charge in [0.1, 0.15) is 18.1 Å². The minimum absolute atomic E-state index is 0.103. The summed E-state index contributed by atoms with van der Waals surface area (Å²) in [5, 5.41) is 3.35. The molecule has 0 aliphatic rings. The molecular weight excluding hydrogens is 386 g/mol. The maximum atomic E-state index is 12.5. The van der Waals surface area contributed by atoms with Crippen molar-refractivity contribution in [2.75, 3.05) is 11.9 Å². The summed E-state index contributed by atoms with van der Waals surface area (Å²) in [6.45, 7) is 4.47. The van der Waals surface area contributed by atoms with Gasteiger partial charge in [0.15, 0.2) is 6.61 Å². The van der Waals surface area contributed by atoms with E-state index < -0.39 is 0 Å². The average Bonchev–Trinajstić information content (AvgIpc) is 2.72. The molecule has 0 aliphatic carbocycles. The van der Waals surface area contributed by atoms with Crippen LogP contribution in [-0.4, -0.2) is 12.5 Å². The Morgan fingerprint density at radius 3 is 2.41 bits per heavy atom. The predicted molar refractivity (Wildman–Crippen MR) is 117 cm³/mol. The summed E-state index contributed by atoms with van der Waals surface area (Å²) in [6, 6.07) is 22.7. The summed E-state index contributed by atoms with van der Waals surface area (Å²) in [7, 11) is 0. The van der Waals surface area contributed by atoms with Crippen LogP contribution in [0.3, 0.4) is 0 Å². The van der Waals surface area contributed by atoms with Crippen LogP contribution >= 0.6 is 11.6 Å². The topological polar surface area (TPSA) is 47.6 Å². The zero-order valence-electron chi connectivity index (χ0n) is 16.5. The number of rotatable bonds is 8. The van der Waals surface area contributed by atoms with Crippen LogP contribution in [0, 0.1) is 0 Å². The van der Waals surface area contributed by atoms with E-state index in [2.05, 4.69) is 19.2 Å². The van der Waals surface area contributed by atoms with E-state index >= 15 is 0 Å². The van der Waals surface area contributed by atoms with Gasteiger partial charge in [-0.3, -0.25) is 4.79 Å². The number of para-hydroxylation sites is 1. The lowest BCUT2D eigenvalue weighted by Crippen LogP contribution is -2.21. The Hall–Kier alpha value is -2.98. The average molecular weight is 410 g/mol. The number of hydrogen-bond donors (Lipinski definition) is 1. The highest BCUT2D eigenvalue weighted by molar-refractivity contribution is 6.31. The van der Waals surface area contributed by atoms with Crippen LogP contribution in [-0.2, 0) is 11.4 Å². The van der Waals surface area contributed by atoms with Crippen molar-refractivity contribution in [2.24, 2.45) is 0 Å². The number of nitrogens with one attached hydrogen (secondary N) is 1. The molecule has 0 heterocycles. The second kappa shape index (κ2) is 9.99. The SMILES string of the molecule is CC(C)c1ccccc1OCC(=O)Nc1cc(Cl)ccc1OCc1ccccc1. The maximum absolute atomic E-state index is 12.5. The van der Waals surface area contributed by atoms with Crippen molar-refractivity contribution in [1.82, 2.24) is 0 Å². The minimum Gasteiger partial charge on any atom is -0.487 e. The van der Waals surface area contributed by atoms with E-state index in [0.29, 0.717) is 34.7 Å². The highest BCUT2D eigenvalue weighted by atomic mass is 35.5. The highest BCUT2D eigenvalue weighted by Crippen LogP contribution is 2.29. The van der Waals surface area contributed by atoms with Crippen molar-refractivity contribution >= 4 is 23.2 Å². The number of halogens is 1. The largest absolute Gasteiger partial charge is 0.487 e. The Morgan fingerprint density at radius 2 is 1.66 bits per heavy atom. The molecule has 0 radical (unpaired) electrons. The van der Waals surface area contributed by atoms with E-state index in [9.17, 15) is 4.79 Å². The lowest BCUT2D eigenvalue weighted by molar-refractivity contribution is -0.118. The van der Waals surface area contributed by atoms with Gasteiger partial charge in [0, 0.05) is 5.02 Å². The Morgan fingerprint density at radius 1 is 0.931 bits per heavy atom. The van der Waals surface area contributed by atoms with Gasteiger partial charge in [0.05, 0.1) is 5.69 Å². The third kappa shape index (κ3) is 6.00. The van der Waals surface area contributed by atoms with Gasteiger partial charge in [0.25, 0.3) is 5.91 Å². The van der Waals surface area contributed by atoms with Crippen molar-refractivity contribution in [3.8, 4) is 11.5 Å². The number of hydrogen-bond acceptors (Lipinski definition) is 3. The molecule has 3 rings (SSSR count). The molecule has 3 aromatic carbocycles. The van der Waals surface area contributed by atoms with E-state index in [1.807, 2.05) is 54.6 Å². The van der Waals surface area contributed by atoms with Crippen LogP contribution < -0.4 is 14.8 Å². The molecule has 150 valence electrons. The number of amides is 1. The van der Waals surface area contributed by atoms with Crippen LogP contribution in [0.25, 0.3) is 0 Å². The van der Waals surface area contributed by atoms with Crippen LogP contribution in [0.15, 0.2) is 72.8 Å². The van der Waals surface area contributed by atoms with Crippen LogP contribution in [0.1, 0.15) is 30.9 Å². The lowest BCUT2D eigenvalue weighted by Gasteiger charge is -2.15. The first-order chi connectivity index (χ1) is 14.0. The minimum atomic E-state index is -0.282. The summed E-state index contributed by atoms with van der Waals surface area (Å²) in [5.74, 6) is 1.29. The third-order valence-electron chi connectivity index (χ3n) is 4.35. The fourth-order valence-electron chi connectivity index (χ4n) is 2.88. The molecule has 3 aromatic rings. The van der Waals surface area contributed by atoms with Crippen molar-refractivity contribution in [3.63, 3.8) is 0 Å². The predicted octanol–water partition coefficient (Wildman–Crippen LogP) is 6.06. The van der Waals surface area contributed by atoms with Gasteiger partial charge in [-0.15, -0.1) is 0 Å². The summed E-state index contributed by atoms with van der Waals surface area (Å²) >= 11 is 6.11. The third-order valence-corrected chi connectivity index (χ3v) is 4.59. The van der Waals surface area contributed by atoms with Gasteiger partial charge < -0.3 is 14.8 Å². The van der Waals surface area contributed by atoms with Crippen LogP contribution in [0.4, 0.5) is 5.69 Å². The number of carbonyl (C=O) groups excluding carboxylic acids is 1. The fourth-order valence-corrected chi connectivity index (χ4v) is 3.05. The molecule has 0 saturated carbocycles. The fraction of sp³-hybridized carbons (Fsp3) is 0.208. The van der Waals surface area contributed by atoms with Crippen molar-refractivity contribution in [2.45, 2.75) is 26.4 Å². The molecular formula is C24H24ClNO3. The van der Waals surface area contributed by atoms with E-state index in [0.717, 1.165) is 11.1 Å². The quantitative estimate of drug-likeness (QED) is 0.491. The Balaban J connectivity index is 1.64. The van der Waals surface area contributed by atoms with E-state index in [4.69, 9.17) is 21.1 Å². The molecule has 0 aliphatic heterocycles. The maximum Gasteiger partial charge on any atom is 0.262 e. The Labute approximate surface area is 176 Å². The number of benzene rings is 3. The summed E-state index contributed by atoms with van der Waals surface area (Å²) in [5.41, 5.74) is 2.61. The highest BCUT2D eigenvalue weighted by Gasteiger charge is 2.12. The molecule has 0 bridgehead atoms. The Kier molecular flexibility index (Phi) is 7.14.